The lowest BCUT2D eigenvalue weighted by Crippen LogP contribution is -2.30. The fourth-order valence-electron chi connectivity index (χ4n) is 11.3. The molecule has 0 aliphatic heterocycles. The first kappa shape index (κ1) is 92.1. The third kappa shape index (κ3) is 66.0. The van der Waals surface area contributed by atoms with Crippen LogP contribution in [0.5, 0.6) is 0 Å². The number of aliphatic hydroxyl groups excluding tert-OH is 1. The molecule has 0 aliphatic rings. The predicted molar refractivity (Wildman–Crippen MR) is 381 cm³/mol. The number of aliphatic hydroxyl groups is 1. The highest BCUT2D eigenvalue weighted by molar-refractivity contribution is 7.47. The molecule has 19 heteroatoms. The van der Waals surface area contributed by atoms with Gasteiger partial charge in [-0.2, -0.15) is 0 Å². The molecule has 558 valence electrons. The molecule has 0 saturated heterocycles. The molecule has 0 aromatic heterocycles. The normalized spacial score (nSPS) is 14.7. The van der Waals surface area contributed by atoms with E-state index in [9.17, 15) is 43.2 Å². The summed E-state index contributed by atoms with van der Waals surface area (Å²) in [5.41, 5.74) is 0. The molecule has 0 aliphatic carbocycles. The largest absolute Gasteiger partial charge is 0.472 e. The van der Waals surface area contributed by atoms with Gasteiger partial charge in [-0.05, 0) is 49.4 Å². The molecule has 0 amide bonds. The molecule has 0 aromatic carbocycles. The van der Waals surface area contributed by atoms with E-state index in [2.05, 4.69) is 55.4 Å². The van der Waals surface area contributed by atoms with Gasteiger partial charge in [-0.1, -0.05) is 325 Å². The number of hydrogen-bond acceptors (Lipinski definition) is 15. The Labute approximate surface area is 575 Å². The van der Waals surface area contributed by atoms with E-state index in [4.69, 9.17) is 37.0 Å². The third-order valence-electron chi connectivity index (χ3n) is 18.0. The number of unbranched alkanes of at least 4 members (excludes halogenated alkanes) is 36. The minimum atomic E-state index is -4.96. The molecule has 4 unspecified atom stereocenters. The molecule has 7 atom stereocenters. The zero-order valence-electron chi connectivity index (χ0n) is 61.6. The number of esters is 4. The van der Waals surface area contributed by atoms with Gasteiger partial charge < -0.3 is 33.8 Å². The van der Waals surface area contributed by atoms with Crippen molar-refractivity contribution in [1.82, 2.24) is 0 Å². The quantitative estimate of drug-likeness (QED) is 0.0222. The summed E-state index contributed by atoms with van der Waals surface area (Å²) in [6.45, 7) is 14.1. The second-order valence-electron chi connectivity index (χ2n) is 28.5. The van der Waals surface area contributed by atoms with Gasteiger partial charge in [-0.3, -0.25) is 37.3 Å². The van der Waals surface area contributed by atoms with Crippen LogP contribution in [0.2, 0.25) is 0 Å². The van der Waals surface area contributed by atoms with Crippen LogP contribution in [-0.2, 0) is 65.4 Å². The maximum absolute atomic E-state index is 13.1. The zero-order chi connectivity index (χ0) is 69.6. The molecule has 0 bridgehead atoms. The zero-order valence-corrected chi connectivity index (χ0v) is 63.4. The van der Waals surface area contributed by atoms with Crippen molar-refractivity contribution in [2.24, 2.45) is 23.7 Å². The van der Waals surface area contributed by atoms with E-state index in [-0.39, 0.29) is 25.7 Å². The second-order valence-corrected chi connectivity index (χ2v) is 31.4. The molecule has 0 heterocycles. The van der Waals surface area contributed by atoms with Gasteiger partial charge in [0.25, 0.3) is 0 Å². The molecule has 17 nitrogen and oxygen atoms in total. The maximum atomic E-state index is 13.1. The average molecular weight is 1380 g/mol. The molecule has 0 aromatic rings. The van der Waals surface area contributed by atoms with Crippen LogP contribution in [-0.4, -0.2) is 96.7 Å². The number of phosphoric acid groups is 2. The lowest BCUT2D eigenvalue weighted by molar-refractivity contribution is -0.161. The molecule has 3 N–H and O–H groups in total. The van der Waals surface area contributed by atoms with Gasteiger partial charge in [0.1, 0.15) is 19.3 Å². The van der Waals surface area contributed by atoms with Crippen LogP contribution in [0, 0.1) is 23.7 Å². The van der Waals surface area contributed by atoms with Crippen LogP contribution in [0.1, 0.15) is 376 Å². The lowest BCUT2D eigenvalue weighted by atomic mass is 9.99. The minimum absolute atomic E-state index is 0.103. The lowest BCUT2D eigenvalue weighted by Gasteiger charge is -2.21. The molecule has 0 radical (unpaired) electrons. The highest BCUT2D eigenvalue weighted by Gasteiger charge is 2.30. The van der Waals surface area contributed by atoms with Crippen molar-refractivity contribution >= 4 is 39.5 Å². The highest BCUT2D eigenvalue weighted by Crippen LogP contribution is 2.45. The van der Waals surface area contributed by atoms with E-state index in [1.807, 2.05) is 0 Å². The van der Waals surface area contributed by atoms with Gasteiger partial charge in [0.05, 0.1) is 26.4 Å². The van der Waals surface area contributed by atoms with Gasteiger partial charge in [-0.15, -0.1) is 0 Å². The van der Waals surface area contributed by atoms with Crippen LogP contribution in [0.25, 0.3) is 0 Å². The standard InChI is InChI=1S/C75H146O17P2/c1-9-67(7)53-45-37-29-24-26-32-42-50-58-75(80)91-70(61-85-72(77)55-47-39-30-22-20-18-16-14-12-11-13-15-17-19-21-27-35-43-51-65(3)4)63-89-93(81,82)87-59-69(76)60-88-94(83,84)90-64-71(62-86-73(78)56-48-40-34-33-38-46-54-68(8)10-2)92-74(79)57-49-41-31-25-23-28-36-44-52-66(5)6/h65-71,76H,9-64H2,1-8H3,(H,81,82)(H,83,84)/t67?,68?,69-,70-,71-/m1/s1. The van der Waals surface area contributed by atoms with Crippen molar-refractivity contribution in [2.45, 2.75) is 395 Å². The van der Waals surface area contributed by atoms with Crippen LogP contribution in [0.3, 0.4) is 0 Å². The van der Waals surface area contributed by atoms with Crippen molar-refractivity contribution in [3.63, 3.8) is 0 Å². The molecule has 0 saturated carbocycles. The fourth-order valence-corrected chi connectivity index (χ4v) is 12.9. The number of hydrogen-bond donors (Lipinski definition) is 3. The first-order valence-corrected chi connectivity index (χ1v) is 41.8. The Hall–Kier alpha value is -1.94. The van der Waals surface area contributed by atoms with Gasteiger partial charge in [0.15, 0.2) is 12.2 Å². The Balaban J connectivity index is 5.17. The first-order chi connectivity index (χ1) is 45.2. The fraction of sp³-hybridized carbons (Fsp3) is 0.947. The summed E-state index contributed by atoms with van der Waals surface area (Å²) in [5.74, 6) is 0.914. The molecular weight excluding hydrogens is 1230 g/mol. The topological polar surface area (TPSA) is 237 Å². The number of carbonyl (C=O) groups excluding carboxylic acids is 4. The Morgan fingerprint density at radius 3 is 0.755 bits per heavy atom. The second kappa shape index (κ2) is 64.4. The first-order valence-electron chi connectivity index (χ1n) is 38.8. The predicted octanol–water partition coefficient (Wildman–Crippen LogP) is 21.7. The van der Waals surface area contributed by atoms with E-state index in [0.29, 0.717) is 25.7 Å². The van der Waals surface area contributed by atoms with Crippen molar-refractivity contribution in [1.29, 1.82) is 0 Å². The Morgan fingerprint density at radius 2 is 0.511 bits per heavy atom. The van der Waals surface area contributed by atoms with Crippen molar-refractivity contribution in [3.8, 4) is 0 Å². The smallest absolute Gasteiger partial charge is 0.462 e. The summed E-state index contributed by atoms with van der Waals surface area (Å²) in [4.78, 5) is 72.7. The van der Waals surface area contributed by atoms with E-state index in [0.717, 1.165) is 120 Å². The molecular formula is C75H146O17P2. The van der Waals surface area contributed by atoms with E-state index in [1.165, 1.54) is 173 Å². The number of phosphoric ester groups is 2. The summed E-state index contributed by atoms with van der Waals surface area (Å²) in [7, 11) is -9.91. The van der Waals surface area contributed by atoms with Crippen LogP contribution in [0.4, 0.5) is 0 Å². The minimum Gasteiger partial charge on any atom is -0.462 e. The molecule has 0 rings (SSSR count). The molecule has 0 fully saturated rings. The summed E-state index contributed by atoms with van der Waals surface area (Å²) in [6.07, 6.45) is 48.8. The number of ether oxygens (including phenoxy) is 4. The summed E-state index contributed by atoms with van der Waals surface area (Å²) in [6, 6.07) is 0. The van der Waals surface area contributed by atoms with E-state index in [1.54, 1.807) is 0 Å². The average Bonchev–Trinajstić information content (AvgIpc) is 2.52. The summed E-state index contributed by atoms with van der Waals surface area (Å²) >= 11 is 0. The van der Waals surface area contributed by atoms with E-state index < -0.39 is 97.5 Å². The monoisotopic (exact) mass is 1380 g/mol. The highest BCUT2D eigenvalue weighted by atomic mass is 31.2. The van der Waals surface area contributed by atoms with Crippen LogP contribution in [0.15, 0.2) is 0 Å². The van der Waals surface area contributed by atoms with Crippen LogP contribution >= 0.6 is 15.6 Å². The Morgan fingerprint density at radius 1 is 0.298 bits per heavy atom. The van der Waals surface area contributed by atoms with Gasteiger partial charge >= 0.3 is 39.5 Å². The van der Waals surface area contributed by atoms with Crippen molar-refractivity contribution in [2.75, 3.05) is 39.6 Å². The number of rotatable bonds is 72. The van der Waals surface area contributed by atoms with Gasteiger partial charge in [0, 0.05) is 25.7 Å². The number of carbonyl (C=O) groups is 4. The van der Waals surface area contributed by atoms with Gasteiger partial charge in [0.2, 0.25) is 0 Å². The Kier molecular flexibility index (Phi) is 63.1. The van der Waals surface area contributed by atoms with Crippen molar-refractivity contribution < 1.29 is 80.2 Å². The third-order valence-corrected chi connectivity index (χ3v) is 19.9. The summed E-state index contributed by atoms with van der Waals surface area (Å²) in [5, 5.41) is 10.6. The maximum Gasteiger partial charge on any atom is 0.472 e. The van der Waals surface area contributed by atoms with E-state index >= 15 is 0 Å². The SMILES string of the molecule is CCC(C)CCCCCCCCCCC(=O)O[C@H](COC(=O)CCCCCCCCCCCCCCCCCCCCC(C)C)COP(=O)(O)OC[C@@H](O)COP(=O)(O)OC[C@@H](COC(=O)CCCCCCCCC(C)CC)OC(=O)CCCCCCCCCCC(C)C. The van der Waals surface area contributed by atoms with Crippen LogP contribution < -0.4 is 0 Å². The molecule has 0 spiro atoms. The summed E-state index contributed by atoms with van der Waals surface area (Å²) < 4.78 is 68.4. The van der Waals surface area contributed by atoms with Gasteiger partial charge in [-0.25, -0.2) is 9.13 Å². The van der Waals surface area contributed by atoms with Crippen molar-refractivity contribution in [3.05, 3.63) is 0 Å². The Bertz CT molecular complexity index is 1850. The molecule has 94 heavy (non-hydrogen) atoms.